The second-order valence-corrected chi connectivity index (χ2v) is 11.9. The Morgan fingerprint density at radius 1 is 0.383 bits per heavy atom. The van der Waals surface area contributed by atoms with Crippen LogP contribution in [0.5, 0.6) is 0 Å². The highest BCUT2D eigenvalue weighted by Crippen LogP contribution is 2.37. The molecule has 0 saturated carbocycles. The SMILES string of the molecule is c1ccc(-c2ccc(-c3ncc4c5cc6ccccc6cc5c5cnc(-n6c7ccccc7c7ccccc76)nc5c4n3)cc2)cc1. The molecule has 3 aromatic heterocycles. The molecule has 218 valence electrons. The van der Waals surface area contributed by atoms with Gasteiger partial charge in [-0.2, -0.15) is 0 Å². The van der Waals surface area contributed by atoms with Crippen LogP contribution in [0.2, 0.25) is 0 Å². The molecule has 10 aromatic rings. The molecule has 0 N–H and O–H groups in total. The predicted octanol–water partition coefficient (Wildman–Crippen LogP) is 10.3. The van der Waals surface area contributed by atoms with Crippen molar-refractivity contribution in [1.29, 1.82) is 0 Å². The summed E-state index contributed by atoms with van der Waals surface area (Å²) >= 11 is 0. The zero-order valence-corrected chi connectivity index (χ0v) is 25.2. The molecule has 0 fully saturated rings. The molecule has 0 unspecified atom stereocenters. The molecule has 3 heterocycles. The maximum atomic E-state index is 5.33. The van der Waals surface area contributed by atoms with E-state index >= 15 is 0 Å². The van der Waals surface area contributed by atoms with Gasteiger partial charge in [-0.3, -0.25) is 4.57 Å². The van der Waals surface area contributed by atoms with Gasteiger partial charge in [0, 0.05) is 39.5 Å². The number of rotatable bonds is 3. The summed E-state index contributed by atoms with van der Waals surface area (Å²) in [5.41, 5.74) is 7.04. The van der Waals surface area contributed by atoms with E-state index in [0.29, 0.717) is 11.8 Å². The van der Waals surface area contributed by atoms with Gasteiger partial charge in [-0.05, 0) is 56.9 Å². The van der Waals surface area contributed by atoms with E-state index in [9.17, 15) is 0 Å². The van der Waals surface area contributed by atoms with Crippen molar-refractivity contribution in [2.45, 2.75) is 0 Å². The number of fused-ring (bicyclic) bond motifs is 10. The summed E-state index contributed by atoms with van der Waals surface area (Å²) in [5, 5.41) is 8.79. The Balaban J connectivity index is 1.26. The smallest absolute Gasteiger partial charge is 0.235 e. The molecule has 0 saturated heterocycles. The normalized spacial score (nSPS) is 11.8. The van der Waals surface area contributed by atoms with Crippen LogP contribution in [0.1, 0.15) is 0 Å². The topological polar surface area (TPSA) is 56.5 Å². The number of para-hydroxylation sites is 2. The van der Waals surface area contributed by atoms with Crippen LogP contribution in [0.25, 0.3) is 93.6 Å². The summed E-state index contributed by atoms with van der Waals surface area (Å²) in [6, 6.07) is 48.7. The molecule has 0 radical (unpaired) electrons. The highest BCUT2D eigenvalue weighted by atomic mass is 15.2. The number of benzene rings is 7. The van der Waals surface area contributed by atoms with Crippen LogP contribution in [0.3, 0.4) is 0 Å². The predicted molar refractivity (Wildman–Crippen MR) is 193 cm³/mol. The van der Waals surface area contributed by atoms with Crippen molar-refractivity contribution in [2.24, 2.45) is 0 Å². The van der Waals surface area contributed by atoms with Crippen molar-refractivity contribution in [3.63, 3.8) is 0 Å². The van der Waals surface area contributed by atoms with Crippen LogP contribution in [0, 0.1) is 0 Å². The average molecular weight is 600 g/mol. The Morgan fingerprint density at radius 3 is 1.55 bits per heavy atom. The lowest BCUT2D eigenvalue weighted by Crippen LogP contribution is -2.02. The summed E-state index contributed by atoms with van der Waals surface area (Å²) in [7, 11) is 0. The first-order valence-corrected chi connectivity index (χ1v) is 15.7. The first-order chi connectivity index (χ1) is 23.3. The molecule has 10 rings (SSSR count). The third-order valence-corrected chi connectivity index (χ3v) is 9.29. The summed E-state index contributed by atoms with van der Waals surface area (Å²) in [5.74, 6) is 1.28. The Morgan fingerprint density at radius 2 is 0.894 bits per heavy atom. The molecule has 7 aromatic carbocycles. The molecule has 5 nitrogen and oxygen atoms in total. The first kappa shape index (κ1) is 25.8. The van der Waals surface area contributed by atoms with Gasteiger partial charge in [-0.15, -0.1) is 0 Å². The van der Waals surface area contributed by atoms with E-state index < -0.39 is 0 Å². The maximum Gasteiger partial charge on any atom is 0.235 e. The zero-order chi connectivity index (χ0) is 30.9. The quantitative estimate of drug-likeness (QED) is 0.150. The second-order valence-electron chi connectivity index (χ2n) is 11.9. The highest BCUT2D eigenvalue weighted by molar-refractivity contribution is 6.25. The Hall–Kier alpha value is -6.46. The van der Waals surface area contributed by atoms with Crippen LogP contribution >= 0.6 is 0 Å². The van der Waals surface area contributed by atoms with E-state index in [4.69, 9.17) is 19.9 Å². The standard InChI is InChI=1S/C42H25N5/c1-2-10-26(11-3-1)27-18-20-28(21-19-27)41-43-24-35-33-22-29-12-4-5-13-30(29)23-34(33)36-25-44-42(46-40(36)39(35)45-41)47-37-16-8-6-14-31(37)32-15-7-9-17-38(32)47/h1-25H. The zero-order valence-electron chi connectivity index (χ0n) is 25.2. The fourth-order valence-electron chi connectivity index (χ4n) is 7.02. The minimum atomic E-state index is 0.615. The lowest BCUT2D eigenvalue weighted by Gasteiger charge is -2.13. The van der Waals surface area contributed by atoms with E-state index in [1.54, 1.807) is 0 Å². The largest absolute Gasteiger partial charge is 0.278 e. The van der Waals surface area contributed by atoms with Crippen molar-refractivity contribution in [1.82, 2.24) is 24.5 Å². The third-order valence-electron chi connectivity index (χ3n) is 9.29. The van der Waals surface area contributed by atoms with E-state index in [-0.39, 0.29) is 0 Å². The van der Waals surface area contributed by atoms with E-state index in [1.165, 1.54) is 27.1 Å². The molecule has 0 spiro atoms. The van der Waals surface area contributed by atoms with Crippen LogP contribution in [-0.2, 0) is 0 Å². The number of hydrogen-bond acceptors (Lipinski definition) is 4. The van der Waals surface area contributed by atoms with Crippen molar-refractivity contribution < 1.29 is 0 Å². The number of hydrogen-bond donors (Lipinski definition) is 0. The van der Waals surface area contributed by atoms with Crippen LogP contribution < -0.4 is 0 Å². The molecule has 0 amide bonds. The van der Waals surface area contributed by atoms with E-state index in [0.717, 1.165) is 54.7 Å². The van der Waals surface area contributed by atoms with Gasteiger partial charge in [0.05, 0.1) is 11.0 Å². The van der Waals surface area contributed by atoms with Crippen molar-refractivity contribution in [3.8, 4) is 28.5 Å². The summed E-state index contributed by atoms with van der Waals surface area (Å²) in [4.78, 5) is 20.5. The highest BCUT2D eigenvalue weighted by Gasteiger charge is 2.18. The van der Waals surface area contributed by atoms with E-state index in [1.807, 2.05) is 18.5 Å². The van der Waals surface area contributed by atoms with Crippen LogP contribution in [-0.4, -0.2) is 24.5 Å². The molecule has 0 atom stereocenters. The fourth-order valence-corrected chi connectivity index (χ4v) is 7.02. The van der Waals surface area contributed by atoms with Gasteiger partial charge in [0.1, 0.15) is 11.0 Å². The first-order valence-electron chi connectivity index (χ1n) is 15.7. The Bertz CT molecular complexity index is 2780. The molecule has 0 aliphatic heterocycles. The van der Waals surface area contributed by atoms with Gasteiger partial charge in [-0.25, -0.2) is 19.9 Å². The summed E-state index contributed by atoms with van der Waals surface area (Å²) in [6.07, 6.45) is 3.93. The van der Waals surface area contributed by atoms with Gasteiger partial charge in [0.15, 0.2) is 5.82 Å². The monoisotopic (exact) mass is 599 g/mol. The average Bonchev–Trinajstić information content (AvgIpc) is 3.49. The second kappa shape index (κ2) is 10.0. The van der Waals surface area contributed by atoms with Gasteiger partial charge in [0.2, 0.25) is 5.95 Å². The lowest BCUT2D eigenvalue weighted by molar-refractivity contribution is 1.01. The van der Waals surface area contributed by atoms with Crippen molar-refractivity contribution >= 4 is 65.2 Å². The molecular weight excluding hydrogens is 574 g/mol. The van der Waals surface area contributed by atoms with E-state index in [2.05, 4.69) is 138 Å². The van der Waals surface area contributed by atoms with Crippen molar-refractivity contribution in [2.75, 3.05) is 0 Å². The lowest BCUT2D eigenvalue weighted by atomic mass is 9.97. The minimum Gasteiger partial charge on any atom is -0.278 e. The van der Waals surface area contributed by atoms with Gasteiger partial charge in [0.25, 0.3) is 0 Å². The molecule has 0 aliphatic rings. The van der Waals surface area contributed by atoms with Gasteiger partial charge in [-0.1, -0.05) is 115 Å². The summed E-state index contributed by atoms with van der Waals surface area (Å²) < 4.78 is 2.16. The Labute approximate surface area is 269 Å². The molecule has 5 heteroatoms. The number of nitrogens with zero attached hydrogens (tertiary/aromatic N) is 5. The van der Waals surface area contributed by atoms with Crippen LogP contribution in [0.15, 0.2) is 152 Å². The van der Waals surface area contributed by atoms with Crippen molar-refractivity contribution in [3.05, 3.63) is 152 Å². The fraction of sp³-hybridized carbons (Fsp3) is 0. The minimum absolute atomic E-state index is 0.615. The number of aromatic nitrogens is 5. The third kappa shape index (κ3) is 3.97. The van der Waals surface area contributed by atoms with Gasteiger partial charge >= 0.3 is 0 Å². The summed E-state index contributed by atoms with van der Waals surface area (Å²) in [6.45, 7) is 0. The molecule has 0 bridgehead atoms. The Kier molecular flexibility index (Phi) is 5.51. The van der Waals surface area contributed by atoms with Gasteiger partial charge < -0.3 is 0 Å². The molecular formula is C42H25N5. The maximum absolute atomic E-state index is 5.33. The molecule has 0 aliphatic carbocycles. The van der Waals surface area contributed by atoms with Crippen LogP contribution in [0.4, 0.5) is 0 Å². The molecule has 47 heavy (non-hydrogen) atoms.